The number of nitrogens with one attached hydrogen (secondary N) is 1. The van der Waals surface area contributed by atoms with Crippen molar-refractivity contribution in [2.24, 2.45) is 5.92 Å². The number of nitrogens with zero attached hydrogens (tertiary/aromatic N) is 1. The summed E-state index contributed by atoms with van der Waals surface area (Å²) in [6, 6.07) is 15.6. The minimum absolute atomic E-state index is 0.0951. The van der Waals surface area contributed by atoms with Gasteiger partial charge in [0.15, 0.2) is 0 Å². The second kappa shape index (κ2) is 11.8. The first kappa shape index (κ1) is 22.4. The van der Waals surface area contributed by atoms with Gasteiger partial charge in [0.1, 0.15) is 5.75 Å². The molecule has 0 saturated carbocycles. The van der Waals surface area contributed by atoms with Crippen molar-refractivity contribution in [1.82, 2.24) is 4.90 Å². The summed E-state index contributed by atoms with van der Waals surface area (Å²) in [4.78, 5) is 15.0. The van der Waals surface area contributed by atoms with Crippen molar-refractivity contribution < 1.29 is 9.53 Å². The van der Waals surface area contributed by atoms with Crippen molar-refractivity contribution in [2.45, 2.75) is 58.9 Å². The number of anilines is 1. The highest BCUT2D eigenvalue weighted by Gasteiger charge is 2.15. The van der Waals surface area contributed by atoms with Crippen LogP contribution in [0.4, 0.5) is 5.69 Å². The van der Waals surface area contributed by atoms with Crippen LogP contribution in [0.5, 0.6) is 5.75 Å². The Morgan fingerprint density at radius 3 is 2.37 bits per heavy atom. The van der Waals surface area contributed by atoms with Gasteiger partial charge in [-0.3, -0.25) is 9.69 Å². The zero-order valence-electron chi connectivity index (χ0n) is 18.5. The minimum atomic E-state index is -0.0951. The summed E-state index contributed by atoms with van der Waals surface area (Å²) >= 11 is 0. The molecule has 0 aliphatic carbocycles. The molecule has 0 aromatic heterocycles. The summed E-state index contributed by atoms with van der Waals surface area (Å²) in [6.07, 6.45) is 7.33. The number of carbonyl (C=O) groups is 1. The second-order valence-electron chi connectivity index (χ2n) is 8.54. The first-order chi connectivity index (χ1) is 14.6. The number of benzene rings is 2. The van der Waals surface area contributed by atoms with Crippen LogP contribution in [0.1, 0.15) is 68.3 Å². The van der Waals surface area contributed by atoms with Gasteiger partial charge in [-0.1, -0.05) is 45.2 Å². The third-order valence-electron chi connectivity index (χ3n) is 5.88. The Hall–Kier alpha value is -2.33. The van der Waals surface area contributed by atoms with Crippen molar-refractivity contribution in [1.29, 1.82) is 0 Å². The lowest BCUT2D eigenvalue weighted by atomic mass is 9.99. The zero-order chi connectivity index (χ0) is 21.2. The van der Waals surface area contributed by atoms with E-state index in [9.17, 15) is 4.79 Å². The molecule has 0 atom stereocenters. The highest BCUT2D eigenvalue weighted by atomic mass is 16.5. The molecule has 4 nitrogen and oxygen atoms in total. The monoisotopic (exact) mass is 408 g/mol. The predicted molar refractivity (Wildman–Crippen MR) is 124 cm³/mol. The van der Waals surface area contributed by atoms with E-state index in [2.05, 4.69) is 36.2 Å². The Morgan fingerprint density at radius 1 is 1.00 bits per heavy atom. The number of rotatable bonds is 10. The molecule has 0 radical (unpaired) electrons. The zero-order valence-corrected chi connectivity index (χ0v) is 18.5. The smallest absolute Gasteiger partial charge is 0.255 e. The molecule has 0 bridgehead atoms. The first-order valence-electron chi connectivity index (χ1n) is 11.5. The number of amides is 1. The van der Waals surface area contributed by atoms with Crippen LogP contribution in [-0.2, 0) is 6.54 Å². The average molecular weight is 409 g/mol. The largest absolute Gasteiger partial charge is 0.494 e. The Labute approximate surface area is 181 Å². The number of ether oxygens (including phenoxy) is 1. The molecule has 1 N–H and O–H groups in total. The van der Waals surface area contributed by atoms with E-state index in [4.69, 9.17) is 4.74 Å². The topological polar surface area (TPSA) is 41.6 Å². The third kappa shape index (κ3) is 7.17. The highest BCUT2D eigenvalue weighted by molar-refractivity contribution is 6.04. The number of hydrogen-bond donors (Lipinski definition) is 1. The van der Waals surface area contributed by atoms with E-state index >= 15 is 0 Å². The highest BCUT2D eigenvalue weighted by Crippen LogP contribution is 2.20. The molecule has 1 saturated heterocycles. The summed E-state index contributed by atoms with van der Waals surface area (Å²) < 4.78 is 5.75. The lowest BCUT2D eigenvalue weighted by Gasteiger charge is -2.30. The summed E-state index contributed by atoms with van der Waals surface area (Å²) in [6.45, 7) is 8.62. The summed E-state index contributed by atoms with van der Waals surface area (Å²) in [7, 11) is 0. The molecule has 1 amide bonds. The van der Waals surface area contributed by atoms with Crippen LogP contribution in [0, 0.1) is 5.92 Å². The van der Waals surface area contributed by atoms with Crippen LogP contribution in [0.3, 0.4) is 0 Å². The lowest BCUT2D eigenvalue weighted by Crippen LogP contribution is -2.32. The van der Waals surface area contributed by atoms with Crippen LogP contribution in [0.2, 0.25) is 0 Å². The normalized spacial score (nSPS) is 15.1. The molecule has 162 valence electrons. The van der Waals surface area contributed by atoms with Crippen LogP contribution in [-0.4, -0.2) is 30.5 Å². The van der Waals surface area contributed by atoms with Crippen molar-refractivity contribution in [2.75, 3.05) is 25.0 Å². The summed E-state index contributed by atoms with van der Waals surface area (Å²) in [5, 5.41) is 2.99. The van der Waals surface area contributed by atoms with Gasteiger partial charge in [-0.15, -0.1) is 0 Å². The summed E-state index contributed by atoms with van der Waals surface area (Å²) in [5.74, 6) is 1.58. The van der Waals surface area contributed by atoms with Crippen LogP contribution >= 0.6 is 0 Å². The second-order valence-corrected chi connectivity index (χ2v) is 8.54. The van der Waals surface area contributed by atoms with Gasteiger partial charge in [0, 0.05) is 17.8 Å². The maximum atomic E-state index is 12.5. The number of piperidine rings is 1. The molecular weight excluding hydrogens is 372 g/mol. The Morgan fingerprint density at radius 2 is 1.70 bits per heavy atom. The quantitative estimate of drug-likeness (QED) is 0.481. The molecule has 0 spiro atoms. The lowest BCUT2D eigenvalue weighted by molar-refractivity contribution is 0.102. The molecule has 2 aromatic carbocycles. The molecule has 2 aromatic rings. The van der Waals surface area contributed by atoms with Gasteiger partial charge in [-0.05, 0) is 80.2 Å². The van der Waals surface area contributed by atoms with Crippen molar-refractivity contribution >= 4 is 11.6 Å². The van der Waals surface area contributed by atoms with Gasteiger partial charge in [-0.25, -0.2) is 0 Å². The fourth-order valence-electron chi connectivity index (χ4n) is 3.80. The molecule has 1 aliphatic rings. The predicted octanol–water partition coefficient (Wildman–Crippen LogP) is 6.13. The van der Waals surface area contributed by atoms with Gasteiger partial charge in [0.05, 0.1) is 6.61 Å². The van der Waals surface area contributed by atoms with Gasteiger partial charge in [0.2, 0.25) is 0 Å². The molecular formula is C26H36N2O2. The first-order valence-corrected chi connectivity index (χ1v) is 11.5. The van der Waals surface area contributed by atoms with E-state index in [1.165, 1.54) is 50.8 Å². The van der Waals surface area contributed by atoms with Gasteiger partial charge >= 0.3 is 0 Å². The van der Waals surface area contributed by atoms with Crippen molar-refractivity contribution in [3.8, 4) is 5.75 Å². The number of unbranched alkanes of at least 4 members (excludes halogenated alkanes) is 3. The Bertz CT molecular complexity index is 763. The molecule has 30 heavy (non-hydrogen) atoms. The fourth-order valence-corrected chi connectivity index (χ4v) is 3.80. The maximum absolute atomic E-state index is 12.5. The van der Waals surface area contributed by atoms with E-state index in [-0.39, 0.29) is 5.91 Å². The summed E-state index contributed by atoms with van der Waals surface area (Å²) in [5.41, 5.74) is 2.76. The van der Waals surface area contributed by atoms with Crippen molar-refractivity contribution in [3.63, 3.8) is 0 Å². The van der Waals surface area contributed by atoms with E-state index in [1.54, 1.807) is 0 Å². The standard InChI is InChI=1S/C26H36N2O2/c1-3-4-5-6-19-30-25-13-9-23(10-14-25)26(29)27-24-11-7-22(8-12-24)20-28-17-15-21(2)16-18-28/h7-14,21H,3-6,15-20H2,1-2H3,(H,27,29). The van der Waals surface area contributed by atoms with Crippen molar-refractivity contribution in [3.05, 3.63) is 59.7 Å². The third-order valence-corrected chi connectivity index (χ3v) is 5.88. The van der Waals surface area contributed by atoms with Crippen LogP contribution in [0.15, 0.2) is 48.5 Å². The number of hydrogen-bond acceptors (Lipinski definition) is 3. The molecule has 1 heterocycles. The maximum Gasteiger partial charge on any atom is 0.255 e. The molecule has 0 unspecified atom stereocenters. The van der Waals surface area contributed by atoms with Gasteiger partial charge in [0.25, 0.3) is 5.91 Å². The van der Waals surface area contributed by atoms with Crippen LogP contribution in [0.25, 0.3) is 0 Å². The number of carbonyl (C=O) groups excluding carboxylic acids is 1. The van der Waals surface area contributed by atoms with Gasteiger partial charge in [-0.2, -0.15) is 0 Å². The van der Waals surface area contributed by atoms with E-state index < -0.39 is 0 Å². The minimum Gasteiger partial charge on any atom is -0.494 e. The number of likely N-dealkylation sites (tertiary alicyclic amines) is 1. The molecule has 4 heteroatoms. The van der Waals surface area contributed by atoms with E-state index in [0.29, 0.717) is 5.56 Å². The fraction of sp³-hybridized carbons (Fsp3) is 0.500. The van der Waals surface area contributed by atoms with Gasteiger partial charge < -0.3 is 10.1 Å². The van der Waals surface area contributed by atoms with Crippen LogP contribution < -0.4 is 10.1 Å². The Kier molecular flexibility index (Phi) is 8.76. The van der Waals surface area contributed by atoms with E-state index in [0.717, 1.165) is 36.9 Å². The molecule has 3 rings (SSSR count). The average Bonchev–Trinajstić information content (AvgIpc) is 2.77. The molecule has 1 fully saturated rings. The molecule has 1 aliphatic heterocycles. The van der Waals surface area contributed by atoms with E-state index in [1.807, 2.05) is 36.4 Å². The SMILES string of the molecule is CCCCCCOc1ccc(C(=O)Nc2ccc(CN3CCC(C)CC3)cc2)cc1. The Balaban J connectivity index is 1.44.